The van der Waals surface area contributed by atoms with Crippen LogP contribution < -0.4 is 10.7 Å². The van der Waals surface area contributed by atoms with Crippen LogP contribution in [0.15, 0.2) is 77.3 Å². The van der Waals surface area contributed by atoms with Gasteiger partial charge in [0.2, 0.25) is 0 Å². The highest BCUT2D eigenvalue weighted by molar-refractivity contribution is 5.81. The van der Waals surface area contributed by atoms with Crippen LogP contribution in [0.4, 0.5) is 4.39 Å². The first kappa shape index (κ1) is 14.5. The maximum atomic E-state index is 13.3. The van der Waals surface area contributed by atoms with Crippen LogP contribution in [0, 0.1) is 12.7 Å². The normalized spacial score (nSPS) is 15.8. The van der Waals surface area contributed by atoms with Gasteiger partial charge in [-0.1, -0.05) is 12.1 Å². The van der Waals surface area contributed by atoms with Crippen molar-refractivity contribution in [2.24, 2.45) is 4.99 Å². The molecule has 1 N–H and O–H groups in total. The second kappa shape index (κ2) is 5.54. The summed E-state index contributed by atoms with van der Waals surface area (Å²) in [5, 5.41) is 12.0. The number of hydrogen-bond acceptors (Lipinski definition) is 4. The molecule has 2 aliphatic rings. The Hall–Kier alpha value is -3.05. The zero-order valence-corrected chi connectivity index (χ0v) is 12.9. The number of aryl methyl sites for hydroxylation is 1. The molecule has 0 unspecified atom stereocenters. The van der Waals surface area contributed by atoms with Crippen LogP contribution in [0.25, 0.3) is 5.57 Å². The minimum atomic E-state index is -0.283. The molecule has 0 fully saturated rings. The molecule has 24 heavy (non-hydrogen) atoms. The zero-order valence-electron chi connectivity index (χ0n) is 12.9. The predicted molar refractivity (Wildman–Crippen MR) is 87.6 cm³/mol. The summed E-state index contributed by atoms with van der Waals surface area (Å²) in [4.78, 5) is 9.26. The van der Waals surface area contributed by atoms with Gasteiger partial charge in [0, 0.05) is 29.7 Å². The van der Waals surface area contributed by atoms with Gasteiger partial charge >= 0.3 is 0 Å². The van der Waals surface area contributed by atoms with E-state index in [2.05, 4.69) is 4.98 Å². The lowest BCUT2D eigenvalue weighted by Crippen LogP contribution is -2.27. The molecular weight excluding hydrogens is 305 g/mol. The first-order valence-electron chi connectivity index (χ1n) is 7.52. The first-order valence-corrected chi connectivity index (χ1v) is 7.52. The average molecular weight is 319 g/mol. The number of fused-ring (bicyclic) bond motifs is 1. The number of benzene rings is 1. The van der Waals surface area contributed by atoms with Crippen molar-refractivity contribution in [2.75, 3.05) is 0 Å². The van der Waals surface area contributed by atoms with E-state index in [1.165, 1.54) is 12.1 Å². The molecule has 2 aromatic rings. The molecule has 118 valence electrons. The lowest BCUT2D eigenvalue weighted by Gasteiger charge is -2.13. The summed E-state index contributed by atoms with van der Waals surface area (Å²) >= 11 is 0. The van der Waals surface area contributed by atoms with E-state index in [9.17, 15) is 9.60 Å². The number of nitrogens with zero attached hydrogens (tertiary/aromatic N) is 3. The van der Waals surface area contributed by atoms with Crippen LogP contribution in [0.3, 0.4) is 0 Å². The van der Waals surface area contributed by atoms with Crippen LogP contribution in [0.1, 0.15) is 11.1 Å². The van der Waals surface area contributed by atoms with Crippen molar-refractivity contribution in [3.8, 4) is 0 Å². The Morgan fingerprint density at radius 3 is 2.50 bits per heavy atom. The van der Waals surface area contributed by atoms with Gasteiger partial charge in [0.05, 0.1) is 16.4 Å². The van der Waals surface area contributed by atoms with Gasteiger partial charge in [-0.3, -0.25) is 10.2 Å². The molecule has 0 spiro atoms. The lowest BCUT2D eigenvalue weighted by atomic mass is 9.99. The van der Waals surface area contributed by atoms with Gasteiger partial charge in [0.25, 0.3) is 0 Å². The van der Waals surface area contributed by atoms with Crippen molar-refractivity contribution in [3.05, 3.63) is 100 Å². The summed E-state index contributed by atoms with van der Waals surface area (Å²) < 4.78 is 13.3. The minimum Gasteiger partial charge on any atom is -0.285 e. The Balaban J connectivity index is 2.02. The van der Waals surface area contributed by atoms with Crippen LogP contribution in [-0.2, 0) is 0 Å². The SMILES string of the molecule is Cc1cnc2c(c1)=NC(=C1C=CN(O)C=C1)C=2c1ccc(F)cc1. The zero-order chi connectivity index (χ0) is 16.7. The smallest absolute Gasteiger partial charge is 0.123 e. The number of allylic oxidation sites excluding steroid dienone is 4. The lowest BCUT2D eigenvalue weighted by molar-refractivity contribution is 0.0105. The van der Waals surface area contributed by atoms with Gasteiger partial charge in [-0.05, 0) is 48.4 Å². The van der Waals surface area contributed by atoms with Crippen LogP contribution in [-0.4, -0.2) is 15.3 Å². The molecule has 1 aromatic heterocycles. The number of hydrogen-bond donors (Lipinski definition) is 1. The fraction of sp³-hybridized carbons (Fsp3) is 0.0526. The summed E-state index contributed by atoms with van der Waals surface area (Å²) in [6, 6.07) is 8.30. The maximum absolute atomic E-state index is 13.3. The standard InChI is InChI=1S/C19H14FN3O/c1-12-10-16-19(21-11-12)17(13-2-4-15(20)5-3-13)18(22-16)14-6-8-23(24)9-7-14/h2-11,24H,1H3. The van der Waals surface area contributed by atoms with Crippen molar-refractivity contribution < 1.29 is 9.60 Å². The molecule has 0 saturated carbocycles. The third kappa shape index (κ3) is 2.45. The molecule has 0 atom stereocenters. The van der Waals surface area contributed by atoms with Crippen LogP contribution in [0.2, 0.25) is 0 Å². The van der Waals surface area contributed by atoms with Gasteiger partial charge in [0.1, 0.15) is 5.82 Å². The molecule has 0 aliphatic carbocycles. The highest BCUT2D eigenvalue weighted by Crippen LogP contribution is 2.28. The maximum Gasteiger partial charge on any atom is 0.123 e. The molecule has 3 heterocycles. The third-order valence-electron chi connectivity index (χ3n) is 3.93. The number of hydroxylamine groups is 2. The summed E-state index contributed by atoms with van der Waals surface area (Å²) in [7, 11) is 0. The van der Waals surface area contributed by atoms with Crippen molar-refractivity contribution in [1.29, 1.82) is 0 Å². The number of rotatable bonds is 1. The second-order valence-electron chi connectivity index (χ2n) is 5.69. The largest absolute Gasteiger partial charge is 0.285 e. The van der Waals surface area contributed by atoms with E-state index in [0.717, 1.165) is 43.7 Å². The van der Waals surface area contributed by atoms with E-state index in [0.29, 0.717) is 0 Å². The molecule has 0 radical (unpaired) electrons. The van der Waals surface area contributed by atoms with E-state index in [4.69, 9.17) is 4.99 Å². The Labute approximate surface area is 137 Å². The second-order valence-corrected chi connectivity index (χ2v) is 5.69. The van der Waals surface area contributed by atoms with Gasteiger partial charge < -0.3 is 0 Å². The summed E-state index contributed by atoms with van der Waals surface area (Å²) in [6.07, 6.45) is 8.44. The average Bonchev–Trinajstić information content (AvgIpc) is 2.94. The molecule has 0 bridgehead atoms. The van der Waals surface area contributed by atoms with E-state index in [-0.39, 0.29) is 5.82 Å². The van der Waals surface area contributed by atoms with Crippen molar-refractivity contribution in [3.63, 3.8) is 0 Å². The topological polar surface area (TPSA) is 48.7 Å². The predicted octanol–water partition coefficient (Wildman–Crippen LogP) is 2.35. The molecular formula is C19H14FN3O. The van der Waals surface area contributed by atoms with Crippen LogP contribution >= 0.6 is 0 Å². The summed E-state index contributed by atoms with van der Waals surface area (Å²) in [5.41, 5.74) is 4.36. The summed E-state index contributed by atoms with van der Waals surface area (Å²) in [6.45, 7) is 1.97. The fourth-order valence-electron chi connectivity index (χ4n) is 2.80. The molecule has 5 heteroatoms. The molecule has 2 aliphatic heterocycles. The van der Waals surface area contributed by atoms with Gasteiger partial charge in [-0.25, -0.2) is 14.4 Å². The number of halogens is 1. The van der Waals surface area contributed by atoms with Crippen molar-refractivity contribution in [2.45, 2.75) is 6.92 Å². The highest BCUT2D eigenvalue weighted by Gasteiger charge is 2.19. The molecule has 1 aromatic carbocycles. The van der Waals surface area contributed by atoms with Crippen LogP contribution in [0.5, 0.6) is 0 Å². The Bertz CT molecular complexity index is 1020. The molecule has 0 amide bonds. The summed E-state index contributed by atoms with van der Waals surface area (Å²) in [5.74, 6) is -0.283. The van der Waals surface area contributed by atoms with Gasteiger partial charge in [0.15, 0.2) is 0 Å². The Morgan fingerprint density at radius 1 is 1.08 bits per heavy atom. The van der Waals surface area contributed by atoms with E-state index in [1.54, 1.807) is 42.9 Å². The molecule has 0 saturated heterocycles. The highest BCUT2D eigenvalue weighted by atomic mass is 19.1. The van der Waals surface area contributed by atoms with Crippen molar-refractivity contribution >= 4 is 5.57 Å². The fourth-order valence-corrected chi connectivity index (χ4v) is 2.80. The Morgan fingerprint density at radius 2 is 1.79 bits per heavy atom. The van der Waals surface area contributed by atoms with E-state index < -0.39 is 0 Å². The van der Waals surface area contributed by atoms with E-state index >= 15 is 0 Å². The van der Waals surface area contributed by atoms with Gasteiger partial charge in [-0.15, -0.1) is 0 Å². The van der Waals surface area contributed by atoms with E-state index in [1.807, 2.05) is 13.0 Å². The number of aromatic nitrogens is 1. The van der Waals surface area contributed by atoms with Gasteiger partial charge in [-0.2, -0.15) is 0 Å². The van der Waals surface area contributed by atoms with Crippen molar-refractivity contribution in [1.82, 2.24) is 10.0 Å². The third-order valence-corrected chi connectivity index (χ3v) is 3.93. The molecule has 4 rings (SSSR count). The monoisotopic (exact) mass is 319 g/mol. The number of pyridine rings is 1. The quantitative estimate of drug-likeness (QED) is 0.878. The first-order chi connectivity index (χ1) is 11.6. The molecule has 4 nitrogen and oxygen atoms in total. The minimum absolute atomic E-state index is 0.283. The Kier molecular flexibility index (Phi) is 3.36.